The molecule has 3 aliphatic rings. The number of hydrogen-bond donors (Lipinski definition) is 2. The molecule has 0 spiro atoms. The zero-order valence-corrected chi connectivity index (χ0v) is 17.9. The summed E-state index contributed by atoms with van der Waals surface area (Å²) in [6.07, 6.45) is 1.31. The minimum absolute atomic E-state index is 0.252. The molecule has 0 radical (unpaired) electrons. The van der Waals surface area contributed by atoms with Crippen LogP contribution in [0.3, 0.4) is 0 Å². The van der Waals surface area contributed by atoms with Crippen LogP contribution in [-0.4, -0.2) is 57.3 Å². The molecule has 0 unspecified atom stereocenters. The van der Waals surface area contributed by atoms with Crippen LogP contribution in [0, 0.1) is 5.92 Å². The van der Waals surface area contributed by atoms with Crippen molar-refractivity contribution in [2.75, 3.05) is 0 Å². The average Bonchev–Trinajstić information content (AvgIpc) is 3.00. The van der Waals surface area contributed by atoms with Crippen molar-refractivity contribution in [3.05, 3.63) is 12.2 Å². The molecule has 0 aromatic rings. The number of aliphatic hydroxyl groups is 2. The fourth-order valence-corrected chi connectivity index (χ4v) is 4.95. The van der Waals surface area contributed by atoms with Gasteiger partial charge >= 0.3 is 11.9 Å². The maximum atomic E-state index is 12.7. The lowest BCUT2D eigenvalue weighted by atomic mass is 9.79. The van der Waals surface area contributed by atoms with E-state index in [-0.39, 0.29) is 5.92 Å². The summed E-state index contributed by atoms with van der Waals surface area (Å²) in [5, 5.41) is 22.1. The molecule has 3 rings (SSSR count). The van der Waals surface area contributed by atoms with E-state index < -0.39 is 47.1 Å². The van der Waals surface area contributed by atoms with Crippen molar-refractivity contribution in [1.29, 1.82) is 0 Å². The van der Waals surface area contributed by atoms with Gasteiger partial charge in [0.25, 0.3) is 0 Å². The molecule has 7 heteroatoms. The molecule has 7 nitrogen and oxygen atoms in total. The van der Waals surface area contributed by atoms with Crippen LogP contribution in [0.1, 0.15) is 72.6 Å². The zero-order valence-electron chi connectivity index (χ0n) is 17.9. The quantitative estimate of drug-likeness (QED) is 0.505. The molecule has 2 N–H and O–H groups in total. The highest BCUT2D eigenvalue weighted by atomic mass is 16.6. The largest absolute Gasteiger partial charge is 0.458 e. The van der Waals surface area contributed by atoms with Gasteiger partial charge in [0.05, 0.1) is 23.4 Å². The van der Waals surface area contributed by atoms with E-state index in [1.54, 1.807) is 13.8 Å². The lowest BCUT2D eigenvalue weighted by molar-refractivity contribution is -0.186. The van der Waals surface area contributed by atoms with E-state index in [9.17, 15) is 19.8 Å². The van der Waals surface area contributed by atoms with Gasteiger partial charge in [-0.05, 0) is 71.6 Å². The van der Waals surface area contributed by atoms with Crippen molar-refractivity contribution >= 4 is 11.9 Å². The number of carbonyl (C=O) groups is 2. The molecule has 0 amide bonds. The topological polar surface area (TPSA) is 102 Å². The second-order valence-electron chi connectivity index (χ2n) is 9.67. The Bertz CT molecular complexity index is 687. The maximum Gasteiger partial charge on any atom is 0.334 e. The summed E-state index contributed by atoms with van der Waals surface area (Å²) in [7, 11) is 0. The van der Waals surface area contributed by atoms with Crippen LogP contribution in [0.15, 0.2) is 12.2 Å². The van der Waals surface area contributed by atoms with Gasteiger partial charge in [-0.3, -0.25) is 4.79 Å². The highest BCUT2D eigenvalue weighted by molar-refractivity contribution is 5.89. The Balaban J connectivity index is 2.00. The standard InChI is InChI=1S/C22H34O7/c1-13-15-6-10-22(5,29-19(13)25)18(27-14(2)23)7-9-20(3,26)17-8-11-21(4,28-17)16(24)12-15/h15-18,24,26H,1,6-12H2,2-5H3/t15-,16+,17-,18-,20-,21-,22-/m1/s1. The van der Waals surface area contributed by atoms with Gasteiger partial charge in [-0.1, -0.05) is 6.58 Å². The molecule has 0 aromatic carbocycles. The highest BCUT2D eigenvalue weighted by Crippen LogP contribution is 2.44. The Morgan fingerprint density at radius 3 is 2.45 bits per heavy atom. The number of fused-ring (bicyclic) bond motifs is 5. The van der Waals surface area contributed by atoms with Crippen LogP contribution < -0.4 is 0 Å². The highest BCUT2D eigenvalue weighted by Gasteiger charge is 2.51. The molecule has 3 aliphatic heterocycles. The molecule has 3 saturated heterocycles. The second-order valence-corrected chi connectivity index (χ2v) is 9.67. The fraction of sp³-hybridized carbons (Fsp3) is 0.818. The zero-order chi connectivity index (χ0) is 21.6. The van der Waals surface area contributed by atoms with Crippen LogP contribution in [0.25, 0.3) is 0 Å². The maximum absolute atomic E-state index is 12.7. The Morgan fingerprint density at radius 2 is 1.79 bits per heavy atom. The first-order valence-electron chi connectivity index (χ1n) is 10.5. The number of ether oxygens (including phenoxy) is 3. The number of aliphatic hydroxyl groups excluding tert-OH is 1. The van der Waals surface area contributed by atoms with Gasteiger partial charge < -0.3 is 24.4 Å². The molecule has 0 aliphatic carbocycles. The Morgan fingerprint density at radius 1 is 1.14 bits per heavy atom. The summed E-state index contributed by atoms with van der Waals surface area (Å²) < 4.78 is 17.5. The molecule has 7 atom stereocenters. The van der Waals surface area contributed by atoms with Gasteiger partial charge in [-0.2, -0.15) is 0 Å². The van der Waals surface area contributed by atoms with E-state index in [0.29, 0.717) is 50.5 Å². The van der Waals surface area contributed by atoms with Crippen LogP contribution >= 0.6 is 0 Å². The first-order valence-corrected chi connectivity index (χ1v) is 10.5. The summed E-state index contributed by atoms with van der Waals surface area (Å²) in [5.74, 6) is -1.24. The first kappa shape index (κ1) is 22.2. The Kier molecular flexibility index (Phi) is 5.89. The molecular formula is C22H34O7. The summed E-state index contributed by atoms with van der Waals surface area (Å²) >= 11 is 0. The van der Waals surface area contributed by atoms with E-state index in [0.717, 1.165) is 0 Å². The predicted molar refractivity (Wildman–Crippen MR) is 105 cm³/mol. The lowest BCUT2D eigenvalue weighted by Crippen LogP contribution is -2.48. The smallest absolute Gasteiger partial charge is 0.334 e. The SMILES string of the molecule is C=C1C(=O)O[C@]2(C)CC[C@@H]1C[C@H](O)[C@@]1(C)CC[C@@H](O1)[C@](C)(O)CC[C@H]2OC(C)=O. The molecule has 3 fully saturated rings. The third kappa shape index (κ3) is 4.37. The number of hydrogen-bond acceptors (Lipinski definition) is 7. The molecule has 164 valence electrons. The van der Waals surface area contributed by atoms with E-state index in [2.05, 4.69) is 6.58 Å². The third-order valence-corrected chi connectivity index (χ3v) is 7.19. The summed E-state index contributed by atoms with van der Waals surface area (Å²) in [6.45, 7) is 10.6. The van der Waals surface area contributed by atoms with Crippen molar-refractivity contribution in [3.63, 3.8) is 0 Å². The monoisotopic (exact) mass is 410 g/mol. The summed E-state index contributed by atoms with van der Waals surface area (Å²) in [6, 6.07) is 0. The van der Waals surface area contributed by atoms with Gasteiger partial charge in [0.2, 0.25) is 0 Å². The second kappa shape index (κ2) is 7.67. The minimum Gasteiger partial charge on any atom is -0.458 e. The van der Waals surface area contributed by atoms with Gasteiger partial charge in [0, 0.05) is 12.5 Å². The van der Waals surface area contributed by atoms with Crippen LogP contribution in [-0.2, 0) is 23.8 Å². The summed E-state index contributed by atoms with van der Waals surface area (Å²) in [5.41, 5.74) is -2.66. The van der Waals surface area contributed by atoms with E-state index in [1.165, 1.54) is 6.92 Å². The van der Waals surface area contributed by atoms with Crippen molar-refractivity contribution in [2.45, 2.75) is 108 Å². The third-order valence-electron chi connectivity index (χ3n) is 7.19. The van der Waals surface area contributed by atoms with Crippen LogP contribution in [0.2, 0.25) is 0 Å². The van der Waals surface area contributed by atoms with E-state index in [4.69, 9.17) is 14.2 Å². The number of esters is 2. The van der Waals surface area contributed by atoms with Crippen molar-refractivity contribution < 1.29 is 34.0 Å². The molecule has 4 bridgehead atoms. The molecule has 0 saturated carbocycles. The normalized spacial score (nSPS) is 46.1. The van der Waals surface area contributed by atoms with Crippen molar-refractivity contribution in [2.24, 2.45) is 5.92 Å². The summed E-state index contributed by atoms with van der Waals surface area (Å²) in [4.78, 5) is 24.5. The van der Waals surface area contributed by atoms with Gasteiger partial charge in [0.1, 0.15) is 11.7 Å². The van der Waals surface area contributed by atoms with E-state index in [1.807, 2.05) is 6.92 Å². The average molecular weight is 411 g/mol. The Hall–Kier alpha value is -1.44. The molecular weight excluding hydrogens is 376 g/mol. The molecule has 3 heterocycles. The van der Waals surface area contributed by atoms with E-state index >= 15 is 0 Å². The van der Waals surface area contributed by atoms with Crippen LogP contribution in [0.4, 0.5) is 0 Å². The number of carbonyl (C=O) groups excluding carboxylic acids is 2. The van der Waals surface area contributed by atoms with Gasteiger partial charge in [-0.25, -0.2) is 4.79 Å². The fourth-order valence-electron chi connectivity index (χ4n) is 4.95. The predicted octanol–water partition coefficient (Wildman–Crippen LogP) is 2.42. The molecule has 29 heavy (non-hydrogen) atoms. The Labute approximate surface area is 172 Å². The van der Waals surface area contributed by atoms with Gasteiger partial charge in [-0.15, -0.1) is 0 Å². The van der Waals surface area contributed by atoms with Crippen molar-refractivity contribution in [1.82, 2.24) is 0 Å². The minimum atomic E-state index is -1.16. The van der Waals surface area contributed by atoms with Crippen LogP contribution in [0.5, 0.6) is 0 Å². The lowest BCUT2D eigenvalue weighted by Gasteiger charge is -2.38. The first-order chi connectivity index (χ1) is 13.4. The molecule has 0 aromatic heterocycles. The van der Waals surface area contributed by atoms with Crippen molar-refractivity contribution in [3.8, 4) is 0 Å². The van der Waals surface area contributed by atoms with Gasteiger partial charge in [0.15, 0.2) is 0 Å². The number of rotatable bonds is 1.